The van der Waals surface area contributed by atoms with Gasteiger partial charge in [0.25, 0.3) is 23.6 Å². The molecule has 0 aliphatic carbocycles. The Morgan fingerprint density at radius 2 is 1.40 bits per heavy atom. The number of ether oxygens (including phenoxy) is 7. The molecule has 0 bridgehead atoms. The van der Waals surface area contributed by atoms with Crippen molar-refractivity contribution in [2.45, 2.75) is 116 Å². The number of esters is 1. The van der Waals surface area contributed by atoms with Crippen molar-refractivity contribution < 1.29 is 81.1 Å². The van der Waals surface area contributed by atoms with Crippen LogP contribution in [0.15, 0.2) is 60.7 Å². The maximum atomic E-state index is 14.1. The van der Waals surface area contributed by atoms with E-state index in [1.807, 2.05) is 19.1 Å². The standard InChI is InChI=1S/C59H76N6O17/c1-6-59(2,3)53(70)57(74)64-28-8-7-16-43(64)58(75)82-44(21-18-38-19-22-45(76-4)47(35-38)77-5)39-13-9-14-40(36-39)62-49(67)25-24-48(66)60-26-11-29-78-31-33-80-34-32-79-30-12-27-61-51(69)37-81-46-17-10-15-41-52(46)56(73)65(55(41)72)42-20-23-50(68)63-54(42)71/h9-10,13-15,17,19,22,35-36,42-44H,6-8,11-12,16,18,20-21,23-34,37H2,1-5H3,(H,60,66)(H,61,69)(H,62,67)(H,63,68,71)/t42?,43-,44+/m0/s1. The van der Waals surface area contributed by atoms with Gasteiger partial charge in [-0.2, -0.15) is 0 Å². The Balaban J connectivity index is 0.824. The summed E-state index contributed by atoms with van der Waals surface area (Å²) in [5, 5.41) is 10.5. The first-order valence-corrected chi connectivity index (χ1v) is 27.9. The fraction of sp³-hybridized carbons (Fsp3) is 0.525. The number of amides is 8. The molecule has 82 heavy (non-hydrogen) atoms. The number of piperidine rings is 2. The zero-order chi connectivity index (χ0) is 59.2. The molecule has 3 atom stereocenters. The van der Waals surface area contributed by atoms with E-state index in [9.17, 15) is 47.9 Å². The van der Waals surface area contributed by atoms with Gasteiger partial charge >= 0.3 is 5.97 Å². The monoisotopic (exact) mass is 1140 g/mol. The van der Waals surface area contributed by atoms with Crippen molar-refractivity contribution in [3.63, 3.8) is 0 Å². The number of methoxy groups -OCH3 is 2. The Kier molecular flexibility index (Phi) is 24.3. The third-order valence-electron chi connectivity index (χ3n) is 14.4. The number of nitrogens with zero attached hydrogens (tertiary/aromatic N) is 2. The van der Waals surface area contributed by atoms with Crippen LogP contribution in [0, 0.1) is 5.41 Å². The lowest BCUT2D eigenvalue weighted by atomic mass is 9.84. The quantitative estimate of drug-likeness (QED) is 0.0281. The molecule has 2 saturated heterocycles. The minimum Gasteiger partial charge on any atom is -0.493 e. The number of imide groups is 2. The number of carbonyl (C=O) groups is 10. The number of rotatable bonds is 33. The third-order valence-corrected chi connectivity index (χ3v) is 14.4. The molecule has 444 valence electrons. The van der Waals surface area contributed by atoms with Gasteiger partial charge in [0.1, 0.15) is 23.9 Å². The summed E-state index contributed by atoms with van der Waals surface area (Å²) in [5.74, 6) is -4.45. The Hall–Kier alpha value is -7.76. The number of hydrogen-bond acceptors (Lipinski definition) is 17. The summed E-state index contributed by atoms with van der Waals surface area (Å²) in [6, 6.07) is 14.8. The second-order valence-electron chi connectivity index (χ2n) is 20.6. The van der Waals surface area contributed by atoms with Crippen LogP contribution in [0.25, 0.3) is 0 Å². The summed E-state index contributed by atoms with van der Waals surface area (Å²) in [7, 11) is 3.09. The number of anilines is 1. The van der Waals surface area contributed by atoms with E-state index in [2.05, 4.69) is 21.3 Å². The molecule has 1 unspecified atom stereocenters. The van der Waals surface area contributed by atoms with Crippen LogP contribution in [0.2, 0.25) is 0 Å². The summed E-state index contributed by atoms with van der Waals surface area (Å²) >= 11 is 0. The van der Waals surface area contributed by atoms with E-state index in [0.29, 0.717) is 127 Å². The lowest BCUT2D eigenvalue weighted by Gasteiger charge is -2.36. The normalized spacial score (nSPS) is 16.4. The Morgan fingerprint density at radius 1 is 0.732 bits per heavy atom. The van der Waals surface area contributed by atoms with Crippen molar-refractivity contribution in [2.75, 3.05) is 85.4 Å². The lowest BCUT2D eigenvalue weighted by Crippen LogP contribution is -2.54. The molecule has 6 rings (SSSR count). The molecule has 23 nitrogen and oxygen atoms in total. The number of likely N-dealkylation sites (tertiary alicyclic amines) is 1. The molecule has 3 aromatic carbocycles. The van der Waals surface area contributed by atoms with Gasteiger partial charge in [-0.3, -0.25) is 53.4 Å². The molecule has 3 aromatic rings. The average molecular weight is 1140 g/mol. The Bertz CT molecular complexity index is 2780. The van der Waals surface area contributed by atoms with Gasteiger partial charge in [0, 0.05) is 63.2 Å². The van der Waals surface area contributed by atoms with Gasteiger partial charge in [0.2, 0.25) is 29.4 Å². The summed E-state index contributed by atoms with van der Waals surface area (Å²) in [5.41, 5.74) is 1.06. The third kappa shape index (κ3) is 17.9. The van der Waals surface area contributed by atoms with Crippen LogP contribution in [0.3, 0.4) is 0 Å². The molecule has 0 aromatic heterocycles. The van der Waals surface area contributed by atoms with Gasteiger partial charge in [0.05, 0.1) is 51.8 Å². The van der Waals surface area contributed by atoms with Gasteiger partial charge in [-0.25, -0.2) is 4.79 Å². The first-order chi connectivity index (χ1) is 39.5. The summed E-state index contributed by atoms with van der Waals surface area (Å²) in [6.45, 7) is 7.81. The number of Topliss-reactive ketones (excluding diaryl/α,β-unsaturated/α-hetero) is 1. The van der Waals surface area contributed by atoms with Crippen molar-refractivity contribution in [1.29, 1.82) is 0 Å². The molecule has 0 radical (unpaired) electrons. The van der Waals surface area contributed by atoms with E-state index >= 15 is 0 Å². The van der Waals surface area contributed by atoms with Gasteiger partial charge in [-0.05, 0) is 105 Å². The second-order valence-corrected chi connectivity index (χ2v) is 20.6. The number of nitrogens with one attached hydrogen (secondary N) is 4. The van der Waals surface area contributed by atoms with Crippen molar-refractivity contribution in [3.05, 3.63) is 82.9 Å². The van der Waals surface area contributed by atoms with E-state index in [1.165, 1.54) is 23.1 Å². The number of fused-ring (bicyclic) bond motifs is 1. The molecule has 23 heteroatoms. The predicted octanol–water partition coefficient (Wildman–Crippen LogP) is 4.57. The minimum absolute atomic E-state index is 0.00750. The zero-order valence-corrected chi connectivity index (χ0v) is 47.4. The lowest BCUT2D eigenvalue weighted by molar-refractivity contribution is -0.164. The summed E-state index contributed by atoms with van der Waals surface area (Å²) < 4.78 is 39.4. The van der Waals surface area contributed by atoms with Crippen LogP contribution in [-0.4, -0.2) is 161 Å². The number of benzene rings is 3. The molecule has 0 spiro atoms. The highest BCUT2D eigenvalue weighted by molar-refractivity contribution is 6.38. The van der Waals surface area contributed by atoms with Crippen molar-refractivity contribution in [1.82, 2.24) is 25.8 Å². The van der Waals surface area contributed by atoms with E-state index < -0.39 is 77.4 Å². The van der Waals surface area contributed by atoms with E-state index in [4.69, 9.17) is 33.2 Å². The maximum Gasteiger partial charge on any atom is 0.329 e. The van der Waals surface area contributed by atoms with Gasteiger partial charge in [-0.1, -0.05) is 45.0 Å². The molecule has 3 aliphatic rings. The van der Waals surface area contributed by atoms with E-state index in [1.54, 1.807) is 58.4 Å². The second kappa shape index (κ2) is 31.5. The van der Waals surface area contributed by atoms with Crippen LogP contribution in [-0.2, 0) is 63.7 Å². The van der Waals surface area contributed by atoms with Gasteiger partial charge in [0.15, 0.2) is 18.1 Å². The van der Waals surface area contributed by atoms with Crippen LogP contribution in [0.1, 0.15) is 129 Å². The van der Waals surface area contributed by atoms with Crippen LogP contribution >= 0.6 is 0 Å². The molecular formula is C59H76N6O17. The molecule has 3 aliphatic heterocycles. The summed E-state index contributed by atoms with van der Waals surface area (Å²) in [6.07, 6.45) is 3.10. The van der Waals surface area contributed by atoms with Gasteiger partial charge in [-0.15, -0.1) is 0 Å². The highest BCUT2D eigenvalue weighted by atomic mass is 16.6. The first-order valence-electron chi connectivity index (χ1n) is 27.9. The van der Waals surface area contributed by atoms with E-state index in [0.717, 1.165) is 10.5 Å². The Morgan fingerprint density at radius 3 is 2.09 bits per heavy atom. The topological polar surface area (TPSA) is 290 Å². The maximum absolute atomic E-state index is 14.1. The van der Waals surface area contributed by atoms with Gasteiger partial charge < -0.3 is 54.0 Å². The number of carbonyl (C=O) groups excluding carboxylic acids is 10. The molecule has 2 fully saturated rings. The number of ketones is 1. The number of hydrogen-bond donors (Lipinski definition) is 4. The Labute approximate surface area is 477 Å². The first kappa shape index (κ1) is 63.4. The molecule has 0 saturated carbocycles. The fourth-order valence-corrected chi connectivity index (χ4v) is 9.35. The highest BCUT2D eigenvalue weighted by Gasteiger charge is 2.46. The van der Waals surface area contributed by atoms with Crippen molar-refractivity contribution >= 4 is 64.7 Å². The van der Waals surface area contributed by atoms with Crippen LogP contribution < -0.4 is 35.5 Å². The van der Waals surface area contributed by atoms with Crippen molar-refractivity contribution in [3.8, 4) is 17.2 Å². The zero-order valence-electron chi connectivity index (χ0n) is 47.4. The smallest absolute Gasteiger partial charge is 0.329 e. The predicted molar refractivity (Wildman–Crippen MR) is 296 cm³/mol. The molecule has 8 amide bonds. The highest BCUT2D eigenvalue weighted by Crippen LogP contribution is 2.35. The molecule has 3 heterocycles. The van der Waals surface area contributed by atoms with Crippen LogP contribution in [0.5, 0.6) is 17.2 Å². The minimum atomic E-state index is -1.12. The van der Waals surface area contributed by atoms with Crippen molar-refractivity contribution in [2.24, 2.45) is 5.41 Å². The summed E-state index contributed by atoms with van der Waals surface area (Å²) in [4.78, 5) is 131. The van der Waals surface area contributed by atoms with E-state index in [-0.39, 0.29) is 60.9 Å². The average Bonchev–Trinajstić information content (AvgIpc) is 3.97. The SMILES string of the molecule is CCC(C)(C)C(=O)C(=O)N1CCCC[C@H]1C(=O)O[C@H](CCc1ccc(OC)c(OC)c1)c1cccc(NC(=O)CCC(=O)NCCCOCCOCCOCCCNC(=O)COc2cccc3c2C(=O)N(C2CCC(=O)NC2=O)C3=O)c1. The molecule has 4 N–H and O–H groups in total. The largest absolute Gasteiger partial charge is 0.493 e. The van der Waals surface area contributed by atoms with Crippen LogP contribution in [0.4, 0.5) is 5.69 Å². The fourth-order valence-electron chi connectivity index (χ4n) is 9.35. The molecular weight excluding hydrogens is 1060 g/mol. The number of aryl methyl sites for hydroxylation is 1.